The summed E-state index contributed by atoms with van der Waals surface area (Å²) in [6.45, 7) is 12.7. The summed E-state index contributed by atoms with van der Waals surface area (Å²) in [6, 6.07) is 0. The fraction of sp³-hybridized carbons (Fsp3) is 0.929. The summed E-state index contributed by atoms with van der Waals surface area (Å²) in [5.41, 5.74) is 2.85. The number of methoxy groups -OCH3 is 1. The van der Waals surface area contributed by atoms with Crippen LogP contribution in [0.15, 0.2) is 11.6 Å². The third-order valence-electron chi connectivity index (χ3n) is 10.6. The zero-order chi connectivity index (χ0) is 20.8. The highest BCUT2D eigenvalue weighted by Gasteiger charge is 2.59. The molecule has 0 spiro atoms. The predicted octanol–water partition coefficient (Wildman–Crippen LogP) is 8.04. The Labute approximate surface area is 181 Å². The van der Waals surface area contributed by atoms with E-state index in [-0.39, 0.29) is 0 Å². The van der Waals surface area contributed by atoms with Gasteiger partial charge in [0, 0.05) is 7.11 Å². The van der Waals surface area contributed by atoms with E-state index >= 15 is 0 Å². The van der Waals surface area contributed by atoms with E-state index in [0.717, 1.165) is 35.5 Å². The number of rotatable bonds is 6. The maximum Gasteiger partial charge on any atom is 0.0608 e. The summed E-state index contributed by atoms with van der Waals surface area (Å²) < 4.78 is 5.75. The predicted molar refractivity (Wildman–Crippen MR) is 124 cm³/mol. The highest BCUT2D eigenvalue weighted by molar-refractivity contribution is 5.25. The lowest BCUT2D eigenvalue weighted by molar-refractivity contribution is -0.0601. The second kappa shape index (κ2) is 8.33. The second-order valence-electron chi connectivity index (χ2n) is 12.4. The zero-order valence-electron chi connectivity index (χ0n) is 20.3. The number of ether oxygens (including phenoxy) is 1. The standard InChI is InChI=1S/C28H48O/c1-19(2)8-7-9-20(3)24-12-13-25-23-11-10-21-18-22(29-6)14-16-27(21,4)26(23)15-17-28(24,25)5/h10,19-20,22-26H,7-9,11-18H2,1-6H3/t20-,22?,23+,24?,25+,26+,27+,28-/m1/s1. The third-order valence-corrected chi connectivity index (χ3v) is 10.6. The Morgan fingerprint density at radius 3 is 2.52 bits per heavy atom. The normalized spacial score (nSPS) is 45.3. The Bertz CT molecular complexity index is 605. The van der Waals surface area contributed by atoms with E-state index in [1.807, 2.05) is 7.11 Å². The Kier molecular flexibility index (Phi) is 6.29. The van der Waals surface area contributed by atoms with Gasteiger partial charge in [-0.05, 0) is 97.7 Å². The fourth-order valence-corrected chi connectivity index (χ4v) is 8.85. The van der Waals surface area contributed by atoms with Gasteiger partial charge in [0.2, 0.25) is 0 Å². The van der Waals surface area contributed by atoms with Crippen LogP contribution in [0.3, 0.4) is 0 Å². The molecule has 0 N–H and O–H groups in total. The first-order chi connectivity index (χ1) is 13.8. The fourth-order valence-electron chi connectivity index (χ4n) is 8.85. The summed E-state index contributed by atoms with van der Waals surface area (Å²) in [7, 11) is 1.91. The van der Waals surface area contributed by atoms with Crippen LogP contribution in [0.25, 0.3) is 0 Å². The minimum absolute atomic E-state index is 0.472. The molecule has 0 aliphatic heterocycles. The molecule has 0 aromatic carbocycles. The molecule has 0 saturated heterocycles. The van der Waals surface area contributed by atoms with Gasteiger partial charge in [0.05, 0.1) is 6.10 Å². The highest BCUT2D eigenvalue weighted by atomic mass is 16.5. The van der Waals surface area contributed by atoms with Crippen LogP contribution < -0.4 is 0 Å². The first kappa shape index (κ1) is 21.9. The molecular weight excluding hydrogens is 352 g/mol. The maximum absolute atomic E-state index is 5.75. The van der Waals surface area contributed by atoms with Crippen molar-refractivity contribution < 1.29 is 4.74 Å². The smallest absolute Gasteiger partial charge is 0.0608 e. The van der Waals surface area contributed by atoms with Crippen molar-refractivity contribution in [2.24, 2.45) is 46.3 Å². The van der Waals surface area contributed by atoms with Crippen molar-refractivity contribution in [3.8, 4) is 0 Å². The number of hydrogen-bond acceptors (Lipinski definition) is 1. The summed E-state index contributed by atoms with van der Waals surface area (Å²) in [6.07, 6.45) is 18.7. The molecule has 3 saturated carbocycles. The van der Waals surface area contributed by atoms with Crippen LogP contribution in [0.2, 0.25) is 0 Å². The molecule has 8 atom stereocenters. The minimum Gasteiger partial charge on any atom is -0.381 e. The molecule has 0 amide bonds. The van der Waals surface area contributed by atoms with Crippen molar-refractivity contribution in [3.63, 3.8) is 0 Å². The molecule has 1 nitrogen and oxygen atoms in total. The maximum atomic E-state index is 5.75. The first-order valence-corrected chi connectivity index (χ1v) is 13.0. The van der Waals surface area contributed by atoms with Crippen molar-refractivity contribution in [1.29, 1.82) is 0 Å². The average molecular weight is 401 g/mol. The van der Waals surface area contributed by atoms with Gasteiger partial charge < -0.3 is 4.74 Å². The van der Waals surface area contributed by atoms with Gasteiger partial charge >= 0.3 is 0 Å². The van der Waals surface area contributed by atoms with Crippen LogP contribution in [0.1, 0.15) is 105 Å². The van der Waals surface area contributed by atoms with Gasteiger partial charge in [-0.15, -0.1) is 0 Å². The number of hydrogen-bond donors (Lipinski definition) is 0. The topological polar surface area (TPSA) is 9.23 Å². The molecule has 166 valence electrons. The Balaban J connectivity index is 1.48. The summed E-state index contributed by atoms with van der Waals surface area (Å²) in [5.74, 6) is 5.63. The van der Waals surface area contributed by atoms with Crippen LogP contribution in [0.5, 0.6) is 0 Å². The second-order valence-corrected chi connectivity index (χ2v) is 12.4. The molecule has 4 aliphatic rings. The Morgan fingerprint density at radius 2 is 1.79 bits per heavy atom. The largest absolute Gasteiger partial charge is 0.381 e. The molecule has 0 heterocycles. The Morgan fingerprint density at radius 1 is 1.00 bits per heavy atom. The van der Waals surface area contributed by atoms with Crippen molar-refractivity contribution in [3.05, 3.63) is 11.6 Å². The summed E-state index contributed by atoms with van der Waals surface area (Å²) in [4.78, 5) is 0. The SMILES string of the molecule is COC1CC[C@@]2(C)C(=CC[C@@H]3[C@@H]2CC[C@]2(C)C([C@H](C)CCCC(C)C)CC[C@@H]32)C1. The van der Waals surface area contributed by atoms with Gasteiger partial charge in [0.1, 0.15) is 0 Å². The molecule has 0 aromatic heterocycles. The van der Waals surface area contributed by atoms with Gasteiger partial charge in [-0.2, -0.15) is 0 Å². The minimum atomic E-state index is 0.472. The van der Waals surface area contributed by atoms with Gasteiger partial charge in [0.25, 0.3) is 0 Å². The molecule has 0 bridgehead atoms. The first-order valence-electron chi connectivity index (χ1n) is 13.0. The van der Waals surface area contributed by atoms with E-state index in [9.17, 15) is 0 Å². The van der Waals surface area contributed by atoms with Crippen molar-refractivity contribution in [2.75, 3.05) is 7.11 Å². The van der Waals surface area contributed by atoms with Gasteiger partial charge in [-0.3, -0.25) is 0 Å². The monoisotopic (exact) mass is 400 g/mol. The van der Waals surface area contributed by atoms with E-state index in [2.05, 4.69) is 40.7 Å². The third kappa shape index (κ3) is 3.77. The van der Waals surface area contributed by atoms with Gasteiger partial charge in [-0.1, -0.05) is 65.5 Å². The molecule has 3 fully saturated rings. The Hall–Kier alpha value is -0.300. The van der Waals surface area contributed by atoms with Gasteiger partial charge in [-0.25, -0.2) is 0 Å². The van der Waals surface area contributed by atoms with Crippen LogP contribution >= 0.6 is 0 Å². The van der Waals surface area contributed by atoms with Crippen LogP contribution in [0.4, 0.5) is 0 Å². The van der Waals surface area contributed by atoms with Crippen molar-refractivity contribution >= 4 is 0 Å². The van der Waals surface area contributed by atoms with Crippen LogP contribution in [0, 0.1) is 46.3 Å². The molecule has 29 heavy (non-hydrogen) atoms. The van der Waals surface area contributed by atoms with E-state index < -0.39 is 0 Å². The van der Waals surface area contributed by atoms with Gasteiger partial charge in [0.15, 0.2) is 0 Å². The number of fused-ring (bicyclic) bond motifs is 5. The highest BCUT2D eigenvalue weighted by Crippen LogP contribution is 2.67. The number of allylic oxidation sites excluding steroid dienone is 1. The lowest BCUT2D eigenvalue weighted by Crippen LogP contribution is -2.50. The van der Waals surface area contributed by atoms with Crippen LogP contribution in [-0.2, 0) is 4.74 Å². The lowest BCUT2D eigenvalue weighted by Gasteiger charge is -2.58. The van der Waals surface area contributed by atoms with Crippen LogP contribution in [-0.4, -0.2) is 13.2 Å². The van der Waals surface area contributed by atoms with Crippen molar-refractivity contribution in [1.82, 2.24) is 0 Å². The molecule has 4 aliphatic carbocycles. The van der Waals surface area contributed by atoms with E-state index in [0.29, 0.717) is 16.9 Å². The van der Waals surface area contributed by atoms with E-state index in [1.165, 1.54) is 70.6 Å². The summed E-state index contributed by atoms with van der Waals surface area (Å²) >= 11 is 0. The lowest BCUT2D eigenvalue weighted by atomic mass is 9.47. The van der Waals surface area contributed by atoms with E-state index in [4.69, 9.17) is 4.74 Å². The zero-order valence-corrected chi connectivity index (χ0v) is 20.3. The molecular formula is C28H48O. The molecule has 1 heteroatoms. The average Bonchev–Trinajstić information content (AvgIpc) is 3.04. The quantitative estimate of drug-likeness (QED) is 0.410. The summed E-state index contributed by atoms with van der Waals surface area (Å²) in [5, 5.41) is 0. The molecule has 2 unspecified atom stereocenters. The molecule has 4 rings (SSSR count). The molecule has 0 aromatic rings. The van der Waals surface area contributed by atoms with Crippen molar-refractivity contribution in [2.45, 2.75) is 111 Å². The van der Waals surface area contributed by atoms with E-state index in [1.54, 1.807) is 5.57 Å². The molecule has 0 radical (unpaired) electrons.